The molecule has 0 heterocycles. The molecule has 0 spiro atoms. The van der Waals surface area contributed by atoms with Gasteiger partial charge in [0.15, 0.2) is 0 Å². The molecule has 0 saturated carbocycles. The molecule has 15 heavy (non-hydrogen) atoms. The van der Waals surface area contributed by atoms with Gasteiger partial charge in [-0.2, -0.15) is 0 Å². The third kappa shape index (κ3) is 3.25. The van der Waals surface area contributed by atoms with E-state index in [4.69, 9.17) is 23.1 Å². The number of benzene rings is 1. The minimum Gasteiger partial charge on any atom is -0.370 e. The predicted molar refractivity (Wildman–Crippen MR) is 57.2 cm³/mol. The SMILES string of the molecule is NC(=O)C[C@H](C(N)=O)c1ccc(Cl)cc1. The summed E-state index contributed by atoms with van der Waals surface area (Å²) < 4.78 is 0. The Morgan fingerprint density at radius 3 is 2.13 bits per heavy atom. The van der Waals surface area contributed by atoms with E-state index in [1.807, 2.05) is 0 Å². The second-order valence-corrected chi connectivity index (χ2v) is 3.61. The number of hydrogen-bond acceptors (Lipinski definition) is 2. The van der Waals surface area contributed by atoms with Crippen LogP contribution in [0.4, 0.5) is 0 Å². The average Bonchev–Trinajstić information content (AvgIpc) is 2.15. The molecule has 0 aliphatic carbocycles. The maximum atomic E-state index is 11.1. The Labute approximate surface area is 92.2 Å². The highest BCUT2D eigenvalue weighted by atomic mass is 35.5. The van der Waals surface area contributed by atoms with Gasteiger partial charge in [-0.3, -0.25) is 9.59 Å². The minimum absolute atomic E-state index is 0.0863. The van der Waals surface area contributed by atoms with Crippen LogP contribution in [0, 0.1) is 0 Å². The van der Waals surface area contributed by atoms with E-state index in [2.05, 4.69) is 0 Å². The molecule has 0 radical (unpaired) electrons. The number of hydrogen-bond donors (Lipinski definition) is 2. The van der Waals surface area contributed by atoms with E-state index < -0.39 is 17.7 Å². The van der Waals surface area contributed by atoms with Crippen LogP contribution in [0.2, 0.25) is 5.02 Å². The van der Waals surface area contributed by atoms with Gasteiger partial charge in [0.05, 0.1) is 5.92 Å². The normalized spacial score (nSPS) is 12.1. The van der Waals surface area contributed by atoms with E-state index in [1.54, 1.807) is 24.3 Å². The van der Waals surface area contributed by atoms with Gasteiger partial charge in [0.25, 0.3) is 0 Å². The fraction of sp³-hybridized carbons (Fsp3) is 0.200. The van der Waals surface area contributed by atoms with Crippen LogP contribution in [0.25, 0.3) is 0 Å². The third-order valence-corrected chi connectivity index (χ3v) is 2.27. The number of primary amides is 2. The lowest BCUT2D eigenvalue weighted by Crippen LogP contribution is -2.26. The van der Waals surface area contributed by atoms with E-state index in [0.717, 1.165) is 0 Å². The van der Waals surface area contributed by atoms with Crippen molar-refractivity contribution in [2.75, 3.05) is 0 Å². The average molecular weight is 227 g/mol. The number of halogens is 1. The molecule has 0 aliphatic rings. The number of nitrogens with two attached hydrogens (primary N) is 2. The van der Waals surface area contributed by atoms with Crippen LogP contribution in [-0.2, 0) is 9.59 Å². The summed E-state index contributed by atoms with van der Waals surface area (Å²) in [6, 6.07) is 6.57. The van der Waals surface area contributed by atoms with Crippen LogP contribution in [-0.4, -0.2) is 11.8 Å². The molecule has 0 unspecified atom stereocenters. The molecule has 0 aliphatic heterocycles. The van der Waals surface area contributed by atoms with Crippen molar-refractivity contribution in [1.82, 2.24) is 0 Å². The van der Waals surface area contributed by atoms with E-state index in [9.17, 15) is 9.59 Å². The van der Waals surface area contributed by atoms with E-state index >= 15 is 0 Å². The van der Waals surface area contributed by atoms with Crippen molar-refractivity contribution in [1.29, 1.82) is 0 Å². The van der Waals surface area contributed by atoms with Gasteiger partial charge >= 0.3 is 0 Å². The summed E-state index contributed by atoms with van der Waals surface area (Å²) in [5.41, 5.74) is 10.8. The van der Waals surface area contributed by atoms with Gasteiger partial charge < -0.3 is 11.5 Å². The first-order valence-electron chi connectivity index (χ1n) is 4.34. The van der Waals surface area contributed by atoms with Crippen molar-refractivity contribution in [3.63, 3.8) is 0 Å². The van der Waals surface area contributed by atoms with Gasteiger partial charge in [0.1, 0.15) is 0 Å². The second kappa shape index (κ2) is 4.79. The monoisotopic (exact) mass is 226 g/mol. The molecule has 2 amide bonds. The summed E-state index contributed by atoms with van der Waals surface area (Å²) >= 11 is 5.69. The van der Waals surface area contributed by atoms with Crippen molar-refractivity contribution in [2.24, 2.45) is 11.5 Å². The maximum absolute atomic E-state index is 11.1. The molecule has 80 valence electrons. The fourth-order valence-electron chi connectivity index (χ4n) is 1.28. The zero-order valence-electron chi connectivity index (χ0n) is 7.94. The van der Waals surface area contributed by atoms with Crippen LogP contribution in [0.5, 0.6) is 0 Å². The lowest BCUT2D eigenvalue weighted by Gasteiger charge is -2.11. The van der Waals surface area contributed by atoms with Crippen LogP contribution < -0.4 is 11.5 Å². The Morgan fingerprint density at radius 2 is 1.73 bits per heavy atom. The molecule has 0 saturated heterocycles. The highest BCUT2D eigenvalue weighted by molar-refractivity contribution is 6.30. The quantitative estimate of drug-likeness (QED) is 0.795. The smallest absolute Gasteiger partial charge is 0.225 e. The second-order valence-electron chi connectivity index (χ2n) is 3.18. The van der Waals surface area contributed by atoms with Crippen molar-refractivity contribution in [3.05, 3.63) is 34.9 Å². The lowest BCUT2D eigenvalue weighted by molar-refractivity contribution is -0.124. The van der Waals surface area contributed by atoms with Crippen molar-refractivity contribution >= 4 is 23.4 Å². The molecule has 1 aromatic rings. The topological polar surface area (TPSA) is 86.2 Å². The zero-order valence-corrected chi connectivity index (χ0v) is 8.70. The summed E-state index contributed by atoms with van der Waals surface area (Å²) in [5.74, 6) is -1.82. The van der Waals surface area contributed by atoms with Gasteiger partial charge in [-0.1, -0.05) is 23.7 Å². The lowest BCUT2D eigenvalue weighted by atomic mass is 9.95. The van der Waals surface area contributed by atoms with Crippen molar-refractivity contribution in [2.45, 2.75) is 12.3 Å². The molecule has 0 bridgehead atoms. The van der Waals surface area contributed by atoms with Crippen LogP contribution in [0.15, 0.2) is 24.3 Å². The molecular formula is C10H11ClN2O2. The van der Waals surface area contributed by atoms with Crippen LogP contribution in [0.1, 0.15) is 17.9 Å². The number of carbonyl (C=O) groups is 2. The number of amides is 2. The fourth-order valence-corrected chi connectivity index (χ4v) is 1.40. The molecule has 4 N–H and O–H groups in total. The summed E-state index contributed by atoms with van der Waals surface area (Å²) in [6.45, 7) is 0. The molecular weight excluding hydrogens is 216 g/mol. The summed E-state index contributed by atoms with van der Waals surface area (Å²) in [5, 5.41) is 0.557. The van der Waals surface area contributed by atoms with E-state index in [1.165, 1.54) is 0 Å². The molecule has 1 aromatic carbocycles. The zero-order chi connectivity index (χ0) is 11.4. The van der Waals surface area contributed by atoms with Gasteiger partial charge in [0, 0.05) is 11.4 Å². The largest absolute Gasteiger partial charge is 0.370 e. The Balaban J connectivity index is 2.94. The van der Waals surface area contributed by atoms with Crippen molar-refractivity contribution in [3.8, 4) is 0 Å². The molecule has 4 nitrogen and oxygen atoms in total. The van der Waals surface area contributed by atoms with Crippen LogP contribution in [0.3, 0.4) is 0 Å². The molecule has 1 rings (SSSR count). The standard InChI is InChI=1S/C10H11ClN2O2/c11-7-3-1-6(2-4-7)8(10(13)15)5-9(12)14/h1-4,8H,5H2,(H2,12,14)(H2,13,15)/t8-/m0/s1. The summed E-state index contributed by atoms with van der Waals surface area (Å²) in [7, 11) is 0. The van der Waals surface area contributed by atoms with Crippen LogP contribution >= 0.6 is 11.6 Å². The molecule has 5 heteroatoms. The number of rotatable bonds is 4. The summed E-state index contributed by atoms with van der Waals surface area (Å²) in [4.78, 5) is 21.8. The Bertz CT molecular complexity index is 376. The summed E-state index contributed by atoms with van der Waals surface area (Å²) in [6.07, 6.45) is -0.0863. The van der Waals surface area contributed by atoms with E-state index in [0.29, 0.717) is 10.6 Å². The first-order chi connectivity index (χ1) is 7.00. The molecule has 1 atom stereocenters. The Hall–Kier alpha value is -1.55. The minimum atomic E-state index is -0.681. The van der Waals surface area contributed by atoms with Gasteiger partial charge in [0.2, 0.25) is 11.8 Å². The highest BCUT2D eigenvalue weighted by Gasteiger charge is 2.19. The predicted octanol–water partition coefficient (Wildman–Crippen LogP) is 0.784. The Morgan fingerprint density at radius 1 is 1.20 bits per heavy atom. The van der Waals surface area contributed by atoms with E-state index in [-0.39, 0.29) is 6.42 Å². The van der Waals surface area contributed by atoms with Gasteiger partial charge in [-0.15, -0.1) is 0 Å². The molecule has 0 fully saturated rings. The first-order valence-corrected chi connectivity index (χ1v) is 4.71. The first kappa shape index (κ1) is 11.5. The highest BCUT2D eigenvalue weighted by Crippen LogP contribution is 2.21. The van der Waals surface area contributed by atoms with Gasteiger partial charge in [-0.25, -0.2) is 0 Å². The molecule has 0 aromatic heterocycles. The van der Waals surface area contributed by atoms with Gasteiger partial charge in [-0.05, 0) is 17.7 Å². The Kier molecular flexibility index (Phi) is 3.68. The number of carbonyl (C=O) groups excluding carboxylic acids is 2. The van der Waals surface area contributed by atoms with Crippen molar-refractivity contribution < 1.29 is 9.59 Å². The third-order valence-electron chi connectivity index (χ3n) is 2.02. The maximum Gasteiger partial charge on any atom is 0.225 e.